The van der Waals surface area contributed by atoms with Crippen LogP contribution in [0.25, 0.3) is 0 Å². The molecular formula is C30H30F2N4O8. The lowest BCUT2D eigenvalue weighted by molar-refractivity contribution is -0.172. The second kappa shape index (κ2) is 14.5. The molecule has 2 aromatic rings. The highest BCUT2D eigenvalue weighted by atomic mass is 19.1. The average molecular weight is 613 g/mol. The molecule has 0 saturated carbocycles. The second-order valence-electron chi connectivity index (χ2n) is 9.25. The van der Waals surface area contributed by atoms with Crippen molar-refractivity contribution in [2.24, 2.45) is 0 Å². The number of carbonyl (C=O) groups is 4. The normalized spacial score (nSPS) is 17.3. The van der Waals surface area contributed by atoms with Gasteiger partial charge in [-0.2, -0.15) is 10.5 Å². The summed E-state index contributed by atoms with van der Waals surface area (Å²) >= 11 is 0. The molecular weight excluding hydrogens is 582 g/mol. The Kier molecular flexibility index (Phi) is 11.1. The van der Waals surface area contributed by atoms with Crippen molar-refractivity contribution >= 4 is 23.9 Å². The van der Waals surface area contributed by atoms with Crippen molar-refractivity contribution in [3.8, 4) is 12.1 Å². The van der Waals surface area contributed by atoms with E-state index in [1.807, 2.05) is 0 Å². The molecule has 1 saturated heterocycles. The van der Waals surface area contributed by atoms with E-state index in [1.165, 1.54) is 33.8 Å². The van der Waals surface area contributed by atoms with Crippen LogP contribution in [0, 0.1) is 34.3 Å². The minimum atomic E-state index is -2.57. The van der Waals surface area contributed by atoms with Crippen molar-refractivity contribution in [1.82, 2.24) is 10.2 Å². The van der Waals surface area contributed by atoms with Crippen molar-refractivity contribution in [3.05, 3.63) is 70.3 Å². The number of hydrogen-bond donors (Lipinski definition) is 1. The van der Waals surface area contributed by atoms with Crippen LogP contribution in [0.3, 0.4) is 0 Å². The maximum absolute atomic E-state index is 14.5. The van der Waals surface area contributed by atoms with Gasteiger partial charge in [0.1, 0.15) is 23.8 Å². The van der Waals surface area contributed by atoms with Crippen LogP contribution in [0.4, 0.5) is 8.78 Å². The highest BCUT2D eigenvalue weighted by Crippen LogP contribution is 2.48. The molecule has 3 rings (SSSR count). The summed E-state index contributed by atoms with van der Waals surface area (Å²) in [5, 5.41) is 22.0. The third kappa shape index (κ3) is 6.22. The maximum Gasteiger partial charge on any atom is 0.340 e. The summed E-state index contributed by atoms with van der Waals surface area (Å²) in [7, 11) is 0. The van der Waals surface area contributed by atoms with Crippen molar-refractivity contribution in [2.45, 2.75) is 51.5 Å². The molecule has 0 aromatic heterocycles. The molecule has 0 aliphatic carbocycles. The summed E-state index contributed by atoms with van der Waals surface area (Å²) in [4.78, 5) is 55.9. The number of carbonyl (C=O) groups excluding carboxylic acids is 4. The first-order valence-electron chi connectivity index (χ1n) is 13.7. The van der Waals surface area contributed by atoms with E-state index < -0.39 is 70.4 Å². The number of nitrogens with zero attached hydrogens (tertiary/aromatic N) is 3. The first-order valence-corrected chi connectivity index (χ1v) is 13.7. The summed E-state index contributed by atoms with van der Waals surface area (Å²) in [5.74, 6) is -6.50. The largest absolute Gasteiger partial charge is 0.464 e. The van der Waals surface area contributed by atoms with Crippen molar-refractivity contribution in [1.29, 1.82) is 10.5 Å². The van der Waals surface area contributed by atoms with Crippen LogP contribution in [0.2, 0.25) is 0 Å². The molecule has 1 fully saturated rings. The zero-order valence-electron chi connectivity index (χ0n) is 24.4. The Morgan fingerprint density at radius 3 is 1.66 bits per heavy atom. The van der Waals surface area contributed by atoms with E-state index in [1.54, 1.807) is 12.1 Å². The highest BCUT2D eigenvalue weighted by Gasteiger charge is 2.67. The summed E-state index contributed by atoms with van der Waals surface area (Å²) in [6.07, 6.45) is -1.50. The van der Waals surface area contributed by atoms with Gasteiger partial charge in [-0.3, -0.25) is 10.2 Å². The van der Waals surface area contributed by atoms with Crippen molar-refractivity contribution in [2.75, 3.05) is 26.4 Å². The summed E-state index contributed by atoms with van der Waals surface area (Å²) in [6, 6.07) is 6.03. The fraction of sp³-hybridized carbons (Fsp3) is 0.400. The predicted molar refractivity (Wildman–Crippen MR) is 146 cm³/mol. The smallest absolute Gasteiger partial charge is 0.340 e. The highest BCUT2D eigenvalue weighted by molar-refractivity contribution is 6.07. The number of esters is 4. The van der Waals surface area contributed by atoms with Crippen LogP contribution in [0.15, 0.2) is 36.4 Å². The third-order valence-corrected chi connectivity index (χ3v) is 6.74. The molecule has 232 valence electrons. The number of benzene rings is 2. The molecule has 14 heteroatoms. The Hall–Kier alpha value is -4.92. The molecule has 44 heavy (non-hydrogen) atoms. The van der Waals surface area contributed by atoms with E-state index in [4.69, 9.17) is 18.9 Å². The number of ether oxygens (including phenoxy) is 4. The summed E-state index contributed by atoms with van der Waals surface area (Å²) in [5.41, 5.74) is -3.53. The minimum Gasteiger partial charge on any atom is -0.464 e. The van der Waals surface area contributed by atoms with E-state index >= 15 is 0 Å². The minimum absolute atomic E-state index is 0.0321. The Balaban J connectivity index is 2.53. The summed E-state index contributed by atoms with van der Waals surface area (Å²) < 4.78 is 50.0. The molecule has 12 nitrogen and oxygen atoms in total. The first-order chi connectivity index (χ1) is 21.1. The van der Waals surface area contributed by atoms with Crippen LogP contribution in [-0.2, 0) is 38.1 Å². The Morgan fingerprint density at radius 2 is 1.23 bits per heavy atom. The zero-order chi connectivity index (χ0) is 32.6. The van der Waals surface area contributed by atoms with Gasteiger partial charge in [0.05, 0.1) is 49.8 Å². The molecule has 1 aliphatic rings. The molecule has 0 unspecified atom stereocenters. The molecule has 2 atom stereocenters. The molecule has 0 amide bonds. The second-order valence-corrected chi connectivity index (χ2v) is 9.25. The van der Waals surface area contributed by atoms with Gasteiger partial charge in [-0.05, 0) is 63.1 Å². The van der Waals surface area contributed by atoms with Crippen molar-refractivity contribution in [3.63, 3.8) is 0 Å². The zero-order valence-corrected chi connectivity index (χ0v) is 24.4. The van der Waals surface area contributed by atoms with Gasteiger partial charge in [0.15, 0.2) is 0 Å². The van der Waals surface area contributed by atoms with E-state index in [9.17, 15) is 38.5 Å². The predicted octanol–water partition coefficient (Wildman–Crippen LogP) is 2.71. The molecule has 2 aromatic carbocycles. The SMILES string of the molecule is CCOC(=O)C(C(=O)OCC)N1[C@@H](c2ccc(F)c(C#N)c2)NC(C(=O)OCC)(C(=O)OCC)[C@H]1c1ccc(F)c(C#N)c1. The van der Waals surface area contributed by atoms with Gasteiger partial charge in [0.2, 0.25) is 11.6 Å². The summed E-state index contributed by atoms with van der Waals surface area (Å²) in [6.45, 7) is 5.10. The van der Waals surface area contributed by atoms with E-state index in [0.717, 1.165) is 35.2 Å². The molecule has 1 heterocycles. The quantitative estimate of drug-likeness (QED) is 0.224. The Labute approximate surface area is 252 Å². The number of nitriles is 2. The maximum atomic E-state index is 14.5. The van der Waals surface area contributed by atoms with Gasteiger partial charge in [0, 0.05) is 0 Å². The molecule has 1 N–H and O–H groups in total. The van der Waals surface area contributed by atoms with Crippen LogP contribution in [0.1, 0.15) is 62.2 Å². The number of nitrogens with one attached hydrogen (secondary N) is 1. The lowest BCUT2D eigenvalue weighted by Gasteiger charge is -2.36. The molecule has 0 spiro atoms. The fourth-order valence-corrected chi connectivity index (χ4v) is 5.01. The molecule has 0 bridgehead atoms. The van der Waals surface area contributed by atoms with Crippen LogP contribution < -0.4 is 5.32 Å². The number of hydrogen-bond acceptors (Lipinski definition) is 12. The van der Waals surface area contributed by atoms with Gasteiger partial charge >= 0.3 is 23.9 Å². The van der Waals surface area contributed by atoms with E-state index in [-0.39, 0.29) is 37.6 Å². The van der Waals surface area contributed by atoms with E-state index in [2.05, 4.69) is 5.32 Å². The standard InChI is InChI=1S/C30H30F2N4O8/c1-5-41-26(37)23(27(38)42-6-2)36-24(17-9-11-21(31)19(13-17)15-33)30(28(39)43-7-3,29(40)44-8-4)35-25(36)18-10-12-22(32)20(14-18)16-34/h9-14,23-25,35H,5-8H2,1-4H3/t24-,25+/m1/s1. The molecule has 0 radical (unpaired) electrons. The van der Waals surface area contributed by atoms with E-state index in [0.29, 0.717) is 0 Å². The number of rotatable bonds is 11. The van der Waals surface area contributed by atoms with Gasteiger partial charge < -0.3 is 18.9 Å². The Morgan fingerprint density at radius 1 is 0.795 bits per heavy atom. The first kappa shape index (κ1) is 33.6. The van der Waals surface area contributed by atoms with Crippen molar-refractivity contribution < 1.29 is 46.9 Å². The van der Waals surface area contributed by atoms with Crippen LogP contribution in [0.5, 0.6) is 0 Å². The van der Waals surface area contributed by atoms with Crippen LogP contribution in [-0.4, -0.2) is 66.8 Å². The lowest BCUT2D eigenvalue weighted by Crippen LogP contribution is -2.60. The van der Waals surface area contributed by atoms with Gasteiger partial charge in [-0.15, -0.1) is 0 Å². The van der Waals surface area contributed by atoms with Crippen LogP contribution >= 0.6 is 0 Å². The monoisotopic (exact) mass is 612 g/mol. The fourth-order valence-electron chi connectivity index (χ4n) is 5.01. The number of halogens is 2. The average Bonchev–Trinajstić information content (AvgIpc) is 3.35. The Bertz CT molecular complexity index is 1480. The third-order valence-electron chi connectivity index (χ3n) is 6.74. The topological polar surface area (TPSA) is 168 Å². The van der Waals surface area contributed by atoms with Gasteiger partial charge in [-0.25, -0.2) is 28.0 Å². The van der Waals surface area contributed by atoms with Gasteiger partial charge in [-0.1, -0.05) is 12.1 Å². The van der Waals surface area contributed by atoms with Gasteiger partial charge in [0.25, 0.3) is 0 Å². The molecule has 1 aliphatic heterocycles. The lowest BCUT2D eigenvalue weighted by atomic mass is 9.84.